The highest BCUT2D eigenvalue weighted by molar-refractivity contribution is 8.00. The number of hydrogen-bond acceptors (Lipinski definition) is 4. The lowest BCUT2D eigenvalue weighted by atomic mass is 10.0. The van der Waals surface area contributed by atoms with E-state index in [4.69, 9.17) is 28.3 Å². The first-order valence-corrected chi connectivity index (χ1v) is 11.5. The number of carbonyl (C=O) groups excluding carboxylic acids is 1. The van der Waals surface area contributed by atoms with Gasteiger partial charge in [0, 0.05) is 30.6 Å². The monoisotopic (exact) mass is 466 g/mol. The summed E-state index contributed by atoms with van der Waals surface area (Å²) in [5.41, 5.74) is 2.25. The molecule has 3 rings (SSSR count). The predicted octanol–water partition coefficient (Wildman–Crippen LogP) is 4.87. The number of benzene rings is 2. The van der Waals surface area contributed by atoms with Crippen LogP contribution in [0, 0.1) is 6.92 Å². The van der Waals surface area contributed by atoms with Crippen molar-refractivity contribution in [3.63, 3.8) is 0 Å². The van der Waals surface area contributed by atoms with Crippen LogP contribution in [0.3, 0.4) is 0 Å². The molecule has 2 N–H and O–H groups in total. The van der Waals surface area contributed by atoms with Crippen LogP contribution in [0.15, 0.2) is 41.3 Å². The second kappa shape index (κ2) is 10.5. The van der Waals surface area contributed by atoms with E-state index in [0.717, 1.165) is 48.5 Å². The number of rotatable bonds is 7. The van der Waals surface area contributed by atoms with Crippen LogP contribution in [0.1, 0.15) is 34.3 Å². The van der Waals surface area contributed by atoms with Gasteiger partial charge in [0.05, 0.1) is 21.4 Å². The molecule has 0 aromatic heterocycles. The minimum absolute atomic E-state index is 0.00430. The summed E-state index contributed by atoms with van der Waals surface area (Å²) in [7, 11) is 0. The first kappa shape index (κ1) is 22.9. The van der Waals surface area contributed by atoms with E-state index in [1.165, 1.54) is 11.8 Å². The highest BCUT2D eigenvalue weighted by Crippen LogP contribution is 2.25. The Hall–Kier alpha value is -1.73. The maximum Gasteiger partial charge on any atom is 0.335 e. The minimum atomic E-state index is -0.946. The number of carboxylic acid groups (broad SMARTS) is 1. The molecular weight excluding hydrogens is 443 g/mol. The third-order valence-electron chi connectivity index (χ3n) is 5.12. The SMILES string of the molecule is Cc1cc(C(=O)O)ccc1SCC(=O)NC1CCN(Cc2ccc(Cl)c(Cl)c2)CC1. The fraction of sp³-hybridized carbons (Fsp3) is 0.364. The van der Waals surface area contributed by atoms with Gasteiger partial charge >= 0.3 is 5.97 Å². The molecule has 0 unspecified atom stereocenters. The molecule has 1 heterocycles. The Morgan fingerprint density at radius 3 is 2.50 bits per heavy atom. The van der Waals surface area contributed by atoms with Crippen molar-refractivity contribution in [3.05, 3.63) is 63.1 Å². The number of nitrogens with one attached hydrogen (secondary N) is 1. The largest absolute Gasteiger partial charge is 0.478 e. The van der Waals surface area contributed by atoms with Gasteiger partial charge in [0.25, 0.3) is 0 Å². The van der Waals surface area contributed by atoms with E-state index in [-0.39, 0.29) is 17.5 Å². The van der Waals surface area contributed by atoms with E-state index in [1.807, 2.05) is 25.1 Å². The molecule has 0 spiro atoms. The van der Waals surface area contributed by atoms with E-state index in [0.29, 0.717) is 15.8 Å². The highest BCUT2D eigenvalue weighted by Gasteiger charge is 2.21. The average molecular weight is 467 g/mol. The fourth-order valence-corrected chi connectivity index (χ4v) is 4.63. The van der Waals surface area contributed by atoms with Gasteiger partial charge in [0.2, 0.25) is 5.91 Å². The Bertz CT molecular complexity index is 931. The Balaban J connectivity index is 1.42. The van der Waals surface area contributed by atoms with Crippen molar-refractivity contribution in [2.75, 3.05) is 18.8 Å². The molecule has 1 aliphatic rings. The number of aromatic carboxylic acids is 1. The van der Waals surface area contributed by atoms with Gasteiger partial charge in [-0.25, -0.2) is 4.79 Å². The van der Waals surface area contributed by atoms with E-state index in [2.05, 4.69) is 10.2 Å². The van der Waals surface area contributed by atoms with Crippen LogP contribution in [0.5, 0.6) is 0 Å². The Kier molecular flexibility index (Phi) is 8.06. The van der Waals surface area contributed by atoms with Crippen molar-refractivity contribution < 1.29 is 14.7 Å². The molecule has 1 amide bonds. The van der Waals surface area contributed by atoms with Gasteiger partial charge in [-0.2, -0.15) is 0 Å². The van der Waals surface area contributed by atoms with Gasteiger partial charge in [-0.1, -0.05) is 29.3 Å². The van der Waals surface area contributed by atoms with E-state index in [1.54, 1.807) is 18.2 Å². The number of carbonyl (C=O) groups is 2. The number of thioether (sulfide) groups is 1. The zero-order valence-corrected chi connectivity index (χ0v) is 19.0. The standard InChI is InChI=1S/C22H24Cl2N2O3S/c1-14-10-16(22(28)29)3-5-20(14)30-13-21(27)25-17-6-8-26(9-7-17)12-15-2-4-18(23)19(24)11-15/h2-5,10-11,17H,6-9,12-13H2,1H3,(H,25,27)(H,28,29). The van der Waals surface area contributed by atoms with Crippen molar-refractivity contribution in [1.29, 1.82) is 0 Å². The molecule has 0 saturated carbocycles. The lowest BCUT2D eigenvalue weighted by molar-refractivity contribution is -0.119. The zero-order chi connectivity index (χ0) is 21.7. The molecule has 0 radical (unpaired) electrons. The summed E-state index contributed by atoms with van der Waals surface area (Å²) in [4.78, 5) is 26.6. The van der Waals surface area contributed by atoms with E-state index < -0.39 is 5.97 Å². The molecule has 30 heavy (non-hydrogen) atoms. The van der Waals surface area contributed by atoms with Crippen LogP contribution in [0.25, 0.3) is 0 Å². The van der Waals surface area contributed by atoms with Crippen LogP contribution >= 0.6 is 35.0 Å². The summed E-state index contributed by atoms with van der Waals surface area (Å²) >= 11 is 13.5. The van der Waals surface area contributed by atoms with Crippen LogP contribution in [0.2, 0.25) is 10.0 Å². The van der Waals surface area contributed by atoms with Crippen molar-refractivity contribution in [1.82, 2.24) is 10.2 Å². The summed E-state index contributed by atoms with van der Waals surface area (Å²) in [6.45, 7) is 4.50. The summed E-state index contributed by atoms with van der Waals surface area (Å²) in [6.07, 6.45) is 1.81. The highest BCUT2D eigenvalue weighted by atomic mass is 35.5. The van der Waals surface area contributed by atoms with Gasteiger partial charge in [0.1, 0.15) is 0 Å². The summed E-state index contributed by atoms with van der Waals surface area (Å²) in [5.74, 6) is -0.626. The van der Waals surface area contributed by atoms with Gasteiger partial charge in [-0.3, -0.25) is 9.69 Å². The number of carboxylic acids is 1. The lowest BCUT2D eigenvalue weighted by Gasteiger charge is -2.32. The van der Waals surface area contributed by atoms with Crippen molar-refractivity contribution in [3.8, 4) is 0 Å². The summed E-state index contributed by atoms with van der Waals surface area (Å²) in [6, 6.07) is 10.9. The number of piperidine rings is 1. The van der Waals surface area contributed by atoms with Crippen LogP contribution in [0.4, 0.5) is 0 Å². The molecule has 0 atom stereocenters. The Morgan fingerprint density at radius 1 is 1.13 bits per heavy atom. The van der Waals surface area contributed by atoms with Crippen molar-refractivity contribution >= 4 is 46.8 Å². The maximum atomic E-state index is 12.3. The quantitative estimate of drug-likeness (QED) is 0.569. The first-order valence-electron chi connectivity index (χ1n) is 9.74. The zero-order valence-electron chi connectivity index (χ0n) is 16.7. The molecule has 8 heteroatoms. The molecule has 0 bridgehead atoms. The molecule has 0 aliphatic carbocycles. The lowest BCUT2D eigenvalue weighted by Crippen LogP contribution is -2.44. The third kappa shape index (κ3) is 6.38. The molecule has 160 valence electrons. The van der Waals surface area contributed by atoms with Gasteiger partial charge in [-0.05, 0) is 61.2 Å². The number of nitrogens with zero attached hydrogens (tertiary/aromatic N) is 1. The second-order valence-electron chi connectivity index (χ2n) is 7.44. The summed E-state index contributed by atoms with van der Waals surface area (Å²) < 4.78 is 0. The van der Waals surface area contributed by atoms with Gasteiger partial charge in [-0.15, -0.1) is 11.8 Å². The van der Waals surface area contributed by atoms with E-state index in [9.17, 15) is 9.59 Å². The molecule has 1 fully saturated rings. The Morgan fingerprint density at radius 2 is 1.87 bits per heavy atom. The van der Waals surface area contributed by atoms with E-state index >= 15 is 0 Å². The van der Waals surface area contributed by atoms with Gasteiger partial charge < -0.3 is 10.4 Å². The van der Waals surface area contributed by atoms with Crippen LogP contribution in [-0.4, -0.2) is 46.8 Å². The third-order valence-corrected chi connectivity index (χ3v) is 7.04. The molecular formula is C22H24Cl2N2O3S. The average Bonchev–Trinajstić information content (AvgIpc) is 2.71. The molecule has 5 nitrogen and oxygen atoms in total. The fourth-order valence-electron chi connectivity index (χ4n) is 3.49. The van der Waals surface area contributed by atoms with Gasteiger partial charge in [0.15, 0.2) is 0 Å². The second-order valence-corrected chi connectivity index (χ2v) is 9.27. The predicted molar refractivity (Wildman–Crippen MR) is 122 cm³/mol. The molecule has 1 saturated heterocycles. The number of likely N-dealkylation sites (tertiary alicyclic amines) is 1. The maximum absolute atomic E-state index is 12.3. The van der Waals surface area contributed by atoms with Crippen molar-refractivity contribution in [2.45, 2.75) is 37.2 Å². The minimum Gasteiger partial charge on any atom is -0.478 e. The van der Waals surface area contributed by atoms with Crippen molar-refractivity contribution in [2.24, 2.45) is 0 Å². The first-order chi connectivity index (χ1) is 14.3. The number of amides is 1. The van der Waals surface area contributed by atoms with Crippen LogP contribution in [-0.2, 0) is 11.3 Å². The molecule has 1 aliphatic heterocycles. The normalized spacial score (nSPS) is 15.2. The van der Waals surface area contributed by atoms with Crippen LogP contribution < -0.4 is 5.32 Å². The number of aryl methyl sites for hydroxylation is 1. The smallest absolute Gasteiger partial charge is 0.335 e. The summed E-state index contributed by atoms with van der Waals surface area (Å²) in [5, 5.41) is 13.3. The number of hydrogen-bond donors (Lipinski definition) is 2. The topological polar surface area (TPSA) is 69.6 Å². The molecule has 2 aromatic carbocycles. The molecule has 2 aromatic rings. The Labute approximate surface area is 190 Å². The number of halogens is 2.